The molecule has 0 aromatic carbocycles. The highest BCUT2D eigenvalue weighted by Crippen LogP contribution is 2.39. The Balaban J connectivity index is 2.37. The molecule has 1 N–H and O–H groups in total. The van der Waals surface area contributed by atoms with Crippen LogP contribution in [0.2, 0.25) is 0 Å². The molecule has 0 saturated heterocycles. The summed E-state index contributed by atoms with van der Waals surface area (Å²) in [5.74, 6) is 0. The van der Waals surface area contributed by atoms with Gasteiger partial charge < -0.3 is 5.11 Å². The molecule has 2 aliphatic rings. The molecular formula is C14H18O. The van der Waals surface area contributed by atoms with E-state index in [0.29, 0.717) is 0 Å². The lowest BCUT2D eigenvalue weighted by Gasteiger charge is -2.29. The zero-order valence-electron chi connectivity index (χ0n) is 9.67. The van der Waals surface area contributed by atoms with Gasteiger partial charge in [-0.25, -0.2) is 0 Å². The SMILES string of the molecule is CC1=C(C(C)(O)C2=C(C)C=CC2)CC=C1. The van der Waals surface area contributed by atoms with E-state index < -0.39 is 5.60 Å². The minimum Gasteiger partial charge on any atom is -0.381 e. The van der Waals surface area contributed by atoms with Crippen LogP contribution in [0.15, 0.2) is 46.6 Å². The smallest absolute Gasteiger partial charge is 0.106 e. The molecule has 0 bridgehead atoms. The van der Waals surface area contributed by atoms with Crippen molar-refractivity contribution < 1.29 is 5.11 Å². The molecule has 0 atom stereocenters. The molecule has 0 aromatic rings. The van der Waals surface area contributed by atoms with Gasteiger partial charge in [0, 0.05) is 0 Å². The zero-order chi connectivity index (χ0) is 11.1. The van der Waals surface area contributed by atoms with Crippen LogP contribution in [-0.4, -0.2) is 10.7 Å². The average molecular weight is 202 g/mol. The van der Waals surface area contributed by atoms with Crippen LogP contribution in [0.3, 0.4) is 0 Å². The first-order chi connectivity index (χ1) is 7.03. The van der Waals surface area contributed by atoms with Gasteiger partial charge in [-0.1, -0.05) is 24.3 Å². The van der Waals surface area contributed by atoms with Crippen molar-refractivity contribution in [2.75, 3.05) is 0 Å². The molecule has 15 heavy (non-hydrogen) atoms. The van der Waals surface area contributed by atoms with Gasteiger partial charge in [-0.2, -0.15) is 0 Å². The van der Waals surface area contributed by atoms with Crippen molar-refractivity contribution in [3.63, 3.8) is 0 Å². The third kappa shape index (κ3) is 1.61. The van der Waals surface area contributed by atoms with E-state index in [1.54, 1.807) is 0 Å². The molecule has 0 unspecified atom stereocenters. The van der Waals surface area contributed by atoms with E-state index in [0.717, 1.165) is 24.0 Å². The second-order valence-corrected chi connectivity index (χ2v) is 4.61. The van der Waals surface area contributed by atoms with Crippen molar-refractivity contribution in [1.82, 2.24) is 0 Å². The molecule has 1 nitrogen and oxygen atoms in total. The third-order valence-corrected chi connectivity index (χ3v) is 3.51. The molecule has 80 valence electrons. The fourth-order valence-electron chi connectivity index (χ4n) is 2.58. The van der Waals surface area contributed by atoms with Crippen molar-refractivity contribution in [2.45, 2.75) is 39.2 Å². The summed E-state index contributed by atoms with van der Waals surface area (Å²) in [5, 5.41) is 10.7. The first kappa shape index (κ1) is 10.4. The summed E-state index contributed by atoms with van der Waals surface area (Å²) in [6.07, 6.45) is 10.2. The Morgan fingerprint density at radius 1 is 1.00 bits per heavy atom. The van der Waals surface area contributed by atoms with Crippen LogP contribution in [0, 0.1) is 0 Å². The molecule has 0 aromatic heterocycles. The molecule has 2 rings (SSSR count). The lowest BCUT2D eigenvalue weighted by molar-refractivity contribution is 0.132. The van der Waals surface area contributed by atoms with Gasteiger partial charge in [0.15, 0.2) is 0 Å². The third-order valence-electron chi connectivity index (χ3n) is 3.51. The Labute approximate surface area is 91.5 Å². The van der Waals surface area contributed by atoms with Crippen LogP contribution in [0.25, 0.3) is 0 Å². The Kier molecular flexibility index (Phi) is 2.43. The highest BCUT2D eigenvalue weighted by atomic mass is 16.3. The lowest BCUT2D eigenvalue weighted by Crippen LogP contribution is -2.29. The Hall–Kier alpha value is -1.08. The predicted molar refractivity (Wildman–Crippen MR) is 63.5 cm³/mol. The topological polar surface area (TPSA) is 20.2 Å². The van der Waals surface area contributed by atoms with Crippen LogP contribution in [-0.2, 0) is 0 Å². The Bertz CT molecular complexity index is 365. The normalized spacial score (nSPS) is 21.1. The van der Waals surface area contributed by atoms with Crippen LogP contribution in [0.5, 0.6) is 0 Å². The highest BCUT2D eigenvalue weighted by molar-refractivity contribution is 5.48. The first-order valence-electron chi connectivity index (χ1n) is 5.49. The van der Waals surface area contributed by atoms with Crippen LogP contribution >= 0.6 is 0 Å². The molecular weight excluding hydrogens is 184 g/mol. The van der Waals surface area contributed by atoms with Gasteiger partial charge in [0.1, 0.15) is 5.60 Å². The van der Waals surface area contributed by atoms with Gasteiger partial charge in [0.2, 0.25) is 0 Å². The summed E-state index contributed by atoms with van der Waals surface area (Å²) in [7, 11) is 0. The van der Waals surface area contributed by atoms with Crippen LogP contribution in [0.1, 0.15) is 33.6 Å². The number of aliphatic hydroxyl groups is 1. The zero-order valence-corrected chi connectivity index (χ0v) is 9.67. The fourth-order valence-corrected chi connectivity index (χ4v) is 2.58. The quantitative estimate of drug-likeness (QED) is 0.728. The molecule has 0 saturated carbocycles. The van der Waals surface area contributed by atoms with Crippen molar-refractivity contribution in [3.05, 3.63) is 46.6 Å². The highest BCUT2D eigenvalue weighted by Gasteiger charge is 2.33. The monoisotopic (exact) mass is 202 g/mol. The van der Waals surface area contributed by atoms with E-state index >= 15 is 0 Å². The lowest BCUT2D eigenvalue weighted by atomic mass is 9.83. The summed E-state index contributed by atoms with van der Waals surface area (Å²) >= 11 is 0. The Morgan fingerprint density at radius 3 is 1.67 bits per heavy atom. The van der Waals surface area contributed by atoms with E-state index in [9.17, 15) is 5.11 Å². The minimum atomic E-state index is -0.763. The standard InChI is InChI=1S/C14H18O/c1-10-6-4-8-12(10)14(3,15)13-9-5-7-11(13)2/h4-7,15H,8-9H2,1-3H3. The number of rotatable bonds is 2. The molecule has 0 radical (unpaired) electrons. The van der Waals surface area contributed by atoms with Gasteiger partial charge in [-0.05, 0) is 55.9 Å². The van der Waals surface area contributed by atoms with Crippen molar-refractivity contribution in [1.29, 1.82) is 0 Å². The number of hydrogen-bond donors (Lipinski definition) is 1. The molecule has 0 amide bonds. The summed E-state index contributed by atoms with van der Waals surface area (Å²) in [6.45, 7) is 6.07. The molecule has 2 aliphatic carbocycles. The molecule has 1 heteroatoms. The van der Waals surface area contributed by atoms with Crippen LogP contribution in [0.4, 0.5) is 0 Å². The van der Waals surface area contributed by atoms with Crippen molar-refractivity contribution >= 4 is 0 Å². The maximum absolute atomic E-state index is 10.7. The summed E-state index contributed by atoms with van der Waals surface area (Å²) < 4.78 is 0. The van der Waals surface area contributed by atoms with E-state index in [2.05, 4.69) is 38.2 Å². The average Bonchev–Trinajstić information content (AvgIpc) is 2.73. The number of hydrogen-bond acceptors (Lipinski definition) is 1. The summed E-state index contributed by atoms with van der Waals surface area (Å²) in [4.78, 5) is 0. The first-order valence-corrected chi connectivity index (χ1v) is 5.49. The largest absolute Gasteiger partial charge is 0.381 e. The fraction of sp³-hybridized carbons (Fsp3) is 0.429. The minimum absolute atomic E-state index is 0.763. The summed E-state index contributed by atoms with van der Waals surface area (Å²) in [6, 6.07) is 0. The van der Waals surface area contributed by atoms with Gasteiger partial charge in [-0.3, -0.25) is 0 Å². The number of allylic oxidation sites excluding steroid dienone is 6. The molecule has 0 spiro atoms. The van der Waals surface area contributed by atoms with Crippen molar-refractivity contribution in [2.24, 2.45) is 0 Å². The van der Waals surface area contributed by atoms with Crippen molar-refractivity contribution in [3.8, 4) is 0 Å². The van der Waals surface area contributed by atoms with Gasteiger partial charge in [0.05, 0.1) is 0 Å². The predicted octanol–water partition coefficient (Wildman–Crippen LogP) is 3.29. The molecule has 0 fully saturated rings. The maximum atomic E-state index is 10.7. The summed E-state index contributed by atoms with van der Waals surface area (Å²) in [5.41, 5.74) is 3.97. The molecule has 0 heterocycles. The van der Waals surface area contributed by atoms with Gasteiger partial charge in [-0.15, -0.1) is 0 Å². The molecule has 0 aliphatic heterocycles. The van der Waals surface area contributed by atoms with Gasteiger partial charge >= 0.3 is 0 Å². The second kappa shape index (κ2) is 3.49. The van der Waals surface area contributed by atoms with E-state index in [4.69, 9.17) is 0 Å². The van der Waals surface area contributed by atoms with E-state index in [-0.39, 0.29) is 0 Å². The maximum Gasteiger partial charge on any atom is 0.106 e. The second-order valence-electron chi connectivity index (χ2n) is 4.61. The Morgan fingerprint density at radius 2 is 1.40 bits per heavy atom. The van der Waals surface area contributed by atoms with Gasteiger partial charge in [0.25, 0.3) is 0 Å². The van der Waals surface area contributed by atoms with E-state index in [1.807, 2.05) is 6.92 Å². The van der Waals surface area contributed by atoms with E-state index in [1.165, 1.54) is 11.1 Å². The van der Waals surface area contributed by atoms with Crippen LogP contribution < -0.4 is 0 Å².